The van der Waals surface area contributed by atoms with Crippen LogP contribution in [0.25, 0.3) is 0 Å². The van der Waals surface area contributed by atoms with Gasteiger partial charge in [-0.15, -0.1) is 18.1 Å². The molecule has 0 aliphatic heterocycles. The molecule has 0 amide bonds. The van der Waals surface area contributed by atoms with Gasteiger partial charge in [0.2, 0.25) is 0 Å². The Balaban J connectivity index is -0.000000320. The molecule has 7 nitrogen and oxygen atoms in total. The molecule has 0 aromatic carbocycles. The number of hydrogen-bond donors (Lipinski definition) is 0. The summed E-state index contributed by atoms with van der Waals surface area (Å²) in [4.78, 5) is 56.2. The molecule has 11 heavy (non-hydrogen) atoms. The van der Waals surface area contributed by atoms with Crippen LogP contribution in [0.4, 0.5) is 0 Å². The smallest absolute Gasteiger partial charge is 0.862 e. The van der Waals surface area contributed by atoms with Gasteiger partial charge in [0.25, 0.3) is 0 Å². The predicted molar refractivity (Wildman–Crippen MR) is 12.6 cm³/mol. The molecular formula is Er2O7Si2. The van der Waals surface area contributed by atoms with Crippen LogP contribution in [-0.2, 0) is 4.12 Å². The van der Waals surface area contributed by atoms with Gasteiger partial charge in [-0.1, -0.05) is 0 Å². The molecule has 0 aliphatic carbocycles. The topological polar surface area (TPSA) is 148 Å². The van der Waals surface area contributed by atoms with E-state index in [1.165, 1.54) is 0 Å². The zero-order chi connectivity index (χ0) is 7.71. The van der Waals surface area contributed by atoms with Gasteiger partial charge in [-0.05, 0) is 0 Å². The van der Waals surface area contributed by atoms with Crippen molar-refractivity contribution in [2.45, 2.75) is 0 Å². The Bertz CT molecular complexity index is 79.6. The number of hydrogen-bond acceptors (Lipinski definition) is 7. The third-order valence-electron chi connectivity index (χ3n) is 0.250. The predicted octanol–water partition coefficient (Wildman–Crippen LogP) is -7.96. The Hall–Kier alpha value is 2.65. The second-order valence-electron chi connectivity index (χ2n) is 1.10. The molecule has 0 N–H and O–H groups in total. The second-order valence-corrected chi connectivity index (χ2v) is 3.92. The molecule has 0 saturated carbocycles. The Kier molecular flexibility index (Phi) is 12.3. The molecule has 0 bridgehead atoms. The van der Waals surface area contributed by atoms with Gasteiger partial charge in [0.05, 0.1) is 0 Å². The van der Waals surface area contributed by atoms with E-state index in [0.29, 0.717) is 0 Å². The third-order valence-corrected chi connectivity index (χ3v) is 2.25. The van der Waals surface area contributed by atoms with E-state index in [9.17, 15) is 28.8 Å². The maximum absolute atomic E-state index is 9.36. The van der Waals surface area contributed by atoms with Gasteiger partial charge in [0.1, 0.15) is 0 Å². The minimum absolute atomic E-state index is 0. The van der Waals surface area contributed by atoms with E-state index >= 15 is 0 Å². The normalized spacial score (nSPS) is 11.5. The van der Waals surface area contributed by atoms with Crippen LogP contribution in [0.5, 0.6) is 0 Å². The fourth-order valence-electron chi connectivity index (χ4n) is 0.153. The molecule has 0 aliphatic rings. The van der Waals surface area contributed by atoms with E-state index < -0.39 is 18.1 Å². The summed E-state index contributed by atoms with van der Waals surface area (Å²) in [5.41, 5.74) is 0. The van der Waals surface area contributed by atoms with Gasteiger partial charge in [-0.2, -0.15) is 0 Å². The Morgan fingerprint density at radius 3 is 0.818 bits per heavy atom. The summed E-state index contributed by atoms with van der Waals surface area (Å²) in [6.07, 6.45) is 0. The maximum Gasteiger partial charge on any atom is 3.00 e. The molecule has 0 heterocycles. The van der Waals surface area contributed by atoms with Crippen molar-refractivity contribution >= 4 is 18.1 Å². The zero-order valence-electron chi connectivity index (χ0n) is 4.44. The first-order chi connectivity index (χ1) is 3.71. The number of rotatable bonds is 2. The zero-order valence-corrected chi connectivity index (χ0v) is 10.1. The van der Waals surface area contributed by atoms with Gasteiger partial charge in [-0.3, -0.25) is 0 Å². The largest absolute Gasteiger partial charge is 3.00 e. The van der Waals surface area contributed by atoms with Crippen LogP contribution in [0.2, 0.25) is 0 Å². The molecule has 0 atom stereocenters. The molecule has 0 spiro atoms. The van der Waals surface area contributed by atoms with Gasteiger partial charge in [0.15, 0.2) is 0 Å². The quantitative estimate of drug-likeness (QED) is 0.341. The molecule has 74 valence electrons. The standard InChI is InChI=1S/2Er.O7Si2/c;;1-8(2,3)7-9(4,5)6/q2*+3;-6. The average molecular weight is 503 g/mol. The summed E-state index contributed by atoms with van der Waals surface area (Å²) in [6.45, 7) is 0. The fraction of sp³-hybridized carbons (Fsp3) is 0. The molecule has 11 heteroatoms. The summed E-state index contributed by atoms with van der Waals surface area (Å²) >= 11 is 0. The maximum atomic E-state index is 9.36. The summed E-state index contributed by atoms with van der Waals surface area (Å²) in [7, 11) is -11.8. The molecule has 0 aromatic rings. The van der Waals surface area contributed by atoms with Crippen LogP contribution in [0, 0.1) is 74.6 Å². The minimum atomic E-state index is -5.92. The third kappa shape index (κ3) is 19.2. The summed E-state index contributed by atoms with van der Waals surface area (Å²) < 4.78 is 2.57. The molecule has 2 radical (unpaired) electrons. The van der Waals surface area contributed by atoms with Gasteiger partial charge >= 0.3 is 74.6 Å². The van der Waals surface area contributed by atoms with E-state index in [1.54, 1.807) is 0 Å². The molecule has 0 fully saturated rings. The van der Waals surface area contributed by atoms with Gasteiger partial charge < -0.3 is 32.9 Å². The van der Waals surface area contributed by atoms with Crippen LogP contribution in [-0.4, -0.2) is 18.1 Å². The van der Waals surface area contributed by atoms with E-state index in [2.05, 4.69) is 4.12 Å². The monoisotopic (exact) mass is 500 g/mol. The summed E-state index contributed by atoms with van der Waals surface area (Å²) in [6, 6.07) is 0. The van der Waals surface area contributed by atoms with Crippen LogP contribution in [0.15, 0.2) is 0 Å². The van der Waals surface area contributed by atoms with Crippen molar-refractivity contribution in [2.75, 3.05) is 0 Å². The van der Waals surface area contributed by atoms with Crippen molar-refractivity contribution in [2.24, 2.45) is 0 Å². The molecule has 0 rings (SSSR count). The van der Waals surface area contributed by atoms with E-state index in [-0.39, 0.29) is 74.6 Å². The molecule has 0 unspecified atom stereocenters. The van der Waals surface area contributed by atoms with Crippen LogP contribution >= 0.6 is 0 Å². The van der Waals surface area contributed by atoms with Crippen molar-refractivity contribution in [1.29, 1.82) is 0 Å². The SMILES string of the molecule is [Er+3].[Er+3].[O-][Si]([O-])([O-])O[Si]([O-])([O-])[O-]. The fourth-order valence-corrected chi connectivity index (χ4v) is 1.38. The van der Waals surface area contributed by atoms with Crippen molar-refractivity contribution in [3.05, 3.63) is 0 Å². The van der Waals surface area contributed by atoms with Crippen molar-refractivity contribution in [3.63, 3.8) is 0 Å². The Morgan fingerprint density at radius 2 is 0.818 bits per heavy atom. The first kappa shape index (κ1) is 19.3. The molecular weight excluding hydrogens is 503 g/mol. The first-order valence-corrected chi connectivity index (χ1v) is 4.90. The molecule has 0 saturated heterocycles. The Morgan fingerprint density at radius 1 is 0.636 bits per heavy atom. The first-order valence-electron chi connectivity index (χ1n) is 1.63. The van der Waals surface area contributed by atoms with Crippen LogP contribution < -0.4 is 28.8 Å². The average Bonchev–Trinajstić information content (AvgIpc) is 1.14. The Labute approximate surface area is 123 Å². The second kappa shape index (κ2) is 7.01. The molecule has 0 aromatic heterocycles. The summed E-state index contributed by atoms with van der Waals surface area (Å²) in [5.74, 6) is 0. The minimum Gasteiger partial charge on any atom is -0.862 e. The summed E-state index contributed by atoms with van der Waals surface area (Å²) in [5, 5.41) is 0. The van der Waals surface area contributed by atoms with E-state index in [4.69, 9.17) is 0 Å². The van der Waals surface area contributed by atoms with E-state index in [1.807, 2.05) is 0 Å². The van der Waals surface area contributed by atoms with Crippen LogP contribution in [0.1, 0.15) is 0 Å². The van der Waals surface area contributed by atoms with E-state index in [0.717, 1.165) is 0 Å². The van der Waals surface area contributed by atoms with Crippen molar-refractivity contribution in [3.8, 4) is 0 Å². The van der Waals surface area contributed by atoms with Gasteiger partial charge in [0, 0.05) is 0 Å². The van der Waals surface area contributed by atoms with Crippen molar-refractivity contribution in [1.82, 2.24) is 0 Å². The van der Waals surface area contributed by atoms with Crippen LogP contribution in [0.3, 0.4) is 0 Å². The van der Waals surface area contributed by atoms with Gasteiger partial charge in [-0.25, -0.2) is 0 Å². The van der Waals surface area contributed by atoms with Crippen molar-refractivity contribution < 1.29 is 107 Å².